The van der Waals surface area contributed by atoms with Gasteiger partial charge in [-0.2, -0.15) is 9.78 Å². The minimum Gasteiger partial charge on any atom is -0.506 e. The van der Waals surface area contributed by atoms with E-state index >= 15 is 0 Å². The van der Waals surface area contributed by atoms with Crippen molar-refractivity contribution in [3.63, 3.8) is 0 Å². The number of fused-ring (bicyclic) bond motifs is 3. The second kappa shape index (κ2) is 5.86. The summed E-state index contributed by atoms with van der Waals surface area (Å²) in [7, 11) is 0. The number of aromatic nitrogens is 3. The van der Waals surface area contributed by atoms with Crippen LogP contribution >= 0.6 is 15.9 Å². The Hall–Kier alpha value is -2.93. The predicted octanol–water partition coefficient (Wildman–Crippen LogP) is 3.54. The Morgan fingerprint density at radius 2 is 2.08 bits per heavy atom. The van der Waals surface area contributed by atoms with E-state index in [0.717, 1.165) is 21.1 Å². The fraction of sp³-hybridized carbons (Fsp3) is 0.0556. The SMILES string of the molecule is Cc1cccc2[nH]c3c(=O)n(/N=C\c4cccc(Br)c4O)cnc3c12. The summed E-state index contributed by atoms with van der Waals surface area (Å²) >= 11 is 3.25. The third kappa shape index (κ3) is 2.53. The van der Waals surface area contributed by atoms with Crippen LogP contribution < -0.4 is 5.56 Å². The molecule has 0 unspecified atom stereocenters. The van der Waals surface area contributed by atoms with Crippen LogP contribution in [0.25, 0.3) is 21.9 Å². The average Bonchev–Trinajstić information content (AvgIpc) is 2.98. The van der Waals surface area contributed by atoms with E-state index < -0.39 is 0 Å². The number of nitrogens with one attached hydrogen (secondary N) is 1. The van der Waals surface area contributed by atoms with Crippen molar-refractivity contribution in [3.05, 3.63) is 68.7 Å². The molecule has 0 radical (unpaired) electrons. The molecule has 0 amide bonds. The van der Waals surface area contributed by atoms with E-state index in [1.54, 1.807) is 18.2 Å². The lowest BCUT2D eigenvalue weighted by atomic mass is 10.1. The van der Waals surface area contributed by atoms with Crippen LogP contribution in [0.1, 0.15) is 11.1 Å². The van der Waals surface area contributed by atoms with Gasteiger partial charge in [0.2, 0.25) is 0 Å². The molecule has 25 heavy (non-hydrogen) atoms. The number of hydrogen-bond donors (Lipinski definition) is 2. The molecule has 0 saturated heterocycles. The number of aromatic amines is 1. The predicted molar refractivity (Wildman–Crippen MR) is 101 cm³/mol. The summed E-state index contributed by atoms with van der Waals surface area (Å²) in [5.74, 6) is 0.0644. The lowest BCUT2D eigenvalue weighted by molar-refractivity contribution is 0.471. The number of hydrogen-bond acceptors (Lipinski definition) is 4. The lowest BCUT2D eigenvalue weighted by Crippen LogP contribution is -2.17. The summed E-state index contributed by atoms with van der Waals surface area (Å²) in [6.45, 7) is 1.98. The molecule has 2 heterocycles. The number of nitrogens with zero attached hydrogens (tertiary/aromatic N) is 3. The molecule has 0 aliphatic heterocycles. The molecule has 4 rings (SSSR count). The van der Waals surface area contributed by atoms with Gasteiger partial charge < -0.3 is 10.1 Å². The molecule has 7 heteroatoms. The summed E-state index contributed by atoms with van der Waals surface area (Å²) in [6.07, 6.45) is 2.80. The van der Waals surface area contributed by atoms with E-state index in [1.165, 1.54) is 12.5 Å². The van der Waals surface area contributed by atoms with Crippen LogP contribution in [0, 0.1) is 6.92 Å². The second-order valence-corrected chi connectivity index (χ2v) is 6.52. The first-order valence-corrected chi connectivity index (χ1v) is 8.36. The first kappa shape index (κ1) is 15.6. The van der Waals surface area contributed by atoms with Gasteiger partial charge in [0, 0.05) is 16.5 Å². The number of halogens is 1. The Bertz CT molecular complexity index is 1210. The number of benzene rings is 2. The van der Waals surface area contributed by atoms with Gasteiger partial charge in [0.15, 0.2) is 0 Å². The highest BCUT2D eigenvalue weighted by atomic mass is 79.9. The van der Waals surface area contributed by atoms with E-state index in [2.05, 4.69) is 31.0 Å². The van der Waals surface area contributed by atoms with Gasteiger partial charge in [0.1, 0.15) is 23.1 Å². The first-order valence-electron chi connectivity index (χ1n) is 7.57. The zero-order valence-electron chi connectivity index (χ0n) is 13.2. The van der Waals surface area contributed by atoms with Gasteiger partial charge in [-0.1, -0.05) is 18.2 Å². The van der Waals surface area contributed by atoms with Gasteiger partial charge in [-0.25, -0.2) is 4.98 Å². The smallest absolute Gasteiger partial charge is 0.298 e. The number of rotatable bonds is 2. The standard InChI is InChI=1S/C18H13BrN4O2/c1-10-4-2-7-13-14(10)15-16(22-13)18(25)23(9-20-15)21-8-11-5-3-6-12(19)17(11)24/h2-9,22,24H,1H3/b21-8-. The van der Waals surface area contributed by atoms with Crippen molar-refractivity contribution in [2.75, 3.05) is 0 Å². The summed E-state index contributed by atoms with van der Waals surface area (Å²) in [5, 5.41) is 15.1. The van der Waals surface area contributed by atoms with E-state index in [-0.39, 0.29) is 11.3 Å². The minimum absolute atomic E-state index is 0.0644. The number of H-pyrrole nitrogens is 1. The molecule has 0 bridgehead atoms. The zero-order chi connectivity index (χ0) is 17.6. The number of para-hydroxylation sites is 1. The molecule has 124 valence electrons. The third-order valence-corrected chi connectivity index (χ3v) is 4.70. The van der Waals surface area contributed by atoms with E-state index in [4.69, 9.17) is 0 Å². The zero-order valence-corrected chi connectivity index (χ0v) is 14.8. The monoisotopic (exact) mass is 396 g/mol. The third-order valence-electron chi connectivity index (χ3n) is 4.06. The van der Waals surface area contributed by atoms with Crippen molar-refractivity contribution in [1.29, 1.82) is 0 Å². The Labute approximate surface area is 150 Å². The van der Waals surface area contributed by atoms with Crippen LogP contribution in [0.15, 0.2) is 57.1 Å². The van der Waals surface area contributed by atoms with E-state index in [0.29, 0.717) is 21.1 Å². The number of phenols is 1. The van der Waals surface area contributed by atoms with Gasteiger partial charge in [0.05, 0.1) is 10.7 Å². The lowest BCUT2D eigenvalue weighted by Gasteiger charge is -2.01. The summed E-state index contributed by atoms with van der Waals surface area (Å²) in [6, 6.07) is 11.0. The molecule has 0 fully saturated rings. The maximum absolute atomic E-state index is 12.7. The quantitative estimate of drug-likeness (QED) is 0.508. The topological polar surface area (TPSA) is 83.3 Å². The molecule has 6 nitrogen and oxygen atoms in total. The van der Waals surface area contributed by atoms with Crippen molar-refractivity contribution < 1.29 is 5.11 Å². The highest BCUT2D eigenvalue weighted by Crippen LogP contribution is 2.26. The van der Waals surface area contributed by atoms with Crippen LogP contribution in [-0.2, 0) is 0 Å². The fourth-order valence-electron chi connectivity index (χ4n) is 2.81. The average molecular weight is 397 g/mol. The van der Waals surface area contributed by atoms with Crippen molar-refractivity contribution >= 4 is 44.1 Å². The van der Waals surface area contributed by atoms with Gasteiger partial charge >= 0.3 is 0 Å². The minimum atomic E-state index is -0.300. The molecule has 0 aliphatic rings. The van der Waals surface area contributed by atoms with Gasteiger partial charge in [-0.3, -0.25) is 4.79 Å². The maximum Gasteiger partial charge on any atom is 0.298 e. The number of phenolic OH excluding ortho intramolecular Hbond substituents is 1. The maximum atomic E-state index is 12.7. The molecular weight excluding hydrogens is 384 g/mol. The molecule has 4 aromatic rings. The highest BCUT2D eigenvalue weighted by Gasteiger charge is 2.12. The Kier molecular flexibility index (Phi) is 3.65. The summed E-state index contributed by atoms with van der Waals surface area (Å²) < 4.78 is 1.70. The van der Waals surface area contributed by atoms with Gasteiger partial charge in [0.25, 0.3) is 5.56 Å². The number of aryl methyl sites for hydroxylation is 1. The number of aromatic hydroxyl groups is 1. The fourth-order valence-corrected chi connectivity index (χ4v) is 3.19. The Balaban J connectivity index is 1.86. The Morgan fingerprint density at radius 1 is 1.28 bits per heavy atom. The summed E-state index contributed by atoms with van der Waals surface area (Å²) in [5.41, 5.74) is 3.15. The van der Waals surface area contributed by atoms with Crippen LogP contribution in [0.3, 0.4) is 0 Å². The van der Waals surface area contributed by atoms with Gasteiger partial charge in [-0.05, 0) is 46.6 Å². The van der Waals surface area contributed by atoms with E-state index in [9.17, 15) is 9.90 Å². The van der Waals surface area contributed by atoms with Crippen LogP contribution in [0.5, 0.6) is 5.75 Å². The Morgan fingerprint density at radius 3 is 2.92 bits per heavy atom. The molecule has 2 aromatic carbocycles. The normalized spacial score (nSPS) is 11.8. The highest BCUT2D eigenvalue weighted by molar-refractivity contribution is 9.10. The van der Waals surface area contributed by atoms with E-state index in [1.807, 2.05) is 25.1 Å². The second-order valence-electron chi connectivity index (χ2n) is 5.66. The van der Waals surface area contributed by atoms with Crippen molar-refractivity contribution in [3.8, 4) is 5.75 Å². The van der Waals surface area contributed by atoms with Crippen LogP contribution in [0.2, 0.25) is 0 Å². The molecule has 0 saturated carbocycles. The first-order chi connectivity index (χ1) is 12.1. The molecule has 0 spiro atoms. The summed E-state index contributed by atoms with van der Waals surface area (Å²) in [4.78, 5) is 20.2. The molecule has 2 N–H and O–H groups in total. The molecular formula is C18H13BrN4O2. The molecule has 0 aliphatic carbocycles. The largest absolute Gasteiger partial charge is 0.506 e. The van der Waals surface area contributed by atoms with Crippen molar-refractivity contribution in [2.45, 2.75) is 6.92 Å². The van der Waals surface area contributed by atoms with Crippen LogP contribution in [-0.4, -0.2) is 26.0 Å². The van der Waals surface area contributed by atoms with Gasteiger partial charge in [-0.15, -0.1) is 0 Å². The molecule has 2 aromatic heterocycles. The van der Waals surface area contributed by atoms with Crippen molar-refractivity contribution in [1.82, 2.24) is 14.6 Å². The molecule has 0 atom stereocenters. The van der Waals surface area contributed by atoms with Crippen LogP contribution in [0.4, 0.5) is 0 Å². The van der Waals surface area contributed by atoms with Crippen molar-refractivity contribution in [2.24, 2.45) is 5.10 Å².